The number of nitrogens with zero attached hydrogens (tertiary/aromatic N) is 1. The normalized spacial score (nSPS) is 22.0. The maximum Gasteiger partial charge on any atom is 0.407 e. The predicted molar refractivity (Wildman–Crippen MR) is 90.5 cm³/mol. The molecule has 0 radical (unpaired) electrons. The van der Waals surface area contributed by atoms with E-state index in [0.29, 0.717) is 5.92 Å². The number of alkyl carbamates (subject to hydrolysis) is 1. The van der Waals surface area contributed by atoms with Crippen molar-refractivity contribution in [3.8, 4) is 0 Å². The number of hydrogen-bond acceptors (Lipinski definition) is 3. The van der Waals surface area contributed by atoms with Crippen LogP contribution in [0.15, 0.2) is 24.3 Å². The van der Waals surface area contributed by atoms with Crippen LogP contribution in [0.1, 0.15) is 58.2 Å². The van der Waals surface area contributed by atoms with E-state index < -0.39 is 5.60 Å². The molecular weight excluding hydrogens is 290 g/mol. The lowest BCUT2D eigenvalue weighted by Gasteiger charge is -2.29. The van der Waals surface area contributed by atoms with E-state index in [4.69, 9.17) is 9.72 Å². The summed E-state index contributed by atoms with van der Waals surface area (Å²) in [6.45, 7) is 5.64. The largest absolute Gasteiger partial charge is 0.444 e. The molecule has 23 heavy (non-hydrogen) atoms. The van der Waals surface area contributed by atoms with Crippen LogP contribution in [0, 0.1) is 0 Å². The van der Waals surface area contributed by atoms with Crippen LogP contribution in [0.25, 0.3) is 11.0 Å². The number of aromatic amines is 1. The summed E-state index contributed by atoms with van der Waals surface area (Å²) in [4.78, 5) is 20.1. The summed E-state index contributed by atoms with van der Waals surface area (Å²) in [5, 5.41) is 3.01. The molecule has 0 saturated heterocycles. The van der Waals surface area contributed by atoms with Gasteiger partial charge in [0.2, 0.25) is 0 Å². The van der Waals surface area contributed by atoms with Crippen molar-refractivity contribution >= 4 is 17.1 Å². The van der Waals surface area contributed by atoms with E-state index in [2.05, 4.69) is 10.3 Å². The van der Waals surface area contributed by atoms with E-state index in [1.54, 1.807) is 0 Å². The third-order valence-corrected chi connectivity index (χ3v) is 4.19. The summed E-state index contributed by atoms with van der Waals surface area (Å²) >= 11 is 0. The lowest BCUT2D eigenvalue weighted by Crippen LogP contribution is -2.41. The van der Waals surface area contributed by atoms with Gasteiger partial charge in [0, 0.05) is 12.0 Å². The topological polar surface area (TPSA) is 67.0 Å². The minimum Gasteiger partial charge on any atom is -0.444 e. The number of benzene rings is 1. The molecule has 1 aromatic carbocycles. The maximum atomic E-state index is 12.0. The zero-order valence-corrected chi connectivity index (χ0v) is 14.1. The Kier molecular flexibility index (Phi) is 4.28. The Balaban J connectivity index is 1.65. The molecule has 1 aliphatic carbocycles. The van der Waals surface area contributed by atoms with Gasteiger partial charge in [0.15, 0.2) is 0 Å². The highest BCUT2D eigenvalue weighted by Gasteiger charge is 2.27. The van der Waals surface area contributed by atoms with Gasteiger partial charge in [0.25, 0.3) is 0 Å². The van der Waals surface area contributed by atoms with Gasteiger partial charge in [0.1, 0.15) is 11.4 Å². The van der Waals surface area contributed by atoms with Crippen LogP contribution < -0.4 is 5.32 Å². The first-order chi connectivity index (χ1) is 10.9. The average molecular weight is 315 g/mol. The van der Waals surface area contributed by atoms with Crippen molar-refractivity contribution in [1.29, 1.82) is 0 Å². The van der Waals surface area contributed by atoms with Crippen LogP contribution in [0.4, 0.5) is 4.79 Å². The molecule has 1 amide bonds. The second kappa shape index (κ2) is 6.22. The van der Waals surface area contributed by atoms with Crippen molar-refractivity contribution in [2.75, 3.05) is 0 Å². The molecule has 0 aliphatic heterocycles. The SMILES string of the molecule is CC(C)(C)OC(=O)N[C@@H]1CCC[C@H](c2nc3ccccc3[nH]2)C1. The van der Waals surface area contributed by atoms with Crippen LogP contribution in [-0.2, 0) is 4.74 Å². The molecule has 1 heterocycles. The van der Waals surface area contributed by atoms with Gasteiger partial charge >= 0.3 is 6.09 Å². The Morgan fingerprint density at radius 1 is 1.30 bits per heavy atom. The van der Waals surface area contributed by atoms with Gasteiger partial charge in [0.05, 0.1) is 11.0 Å². The number of carbonyl (C=O) groups excluding carboxylic acids is 1. The highest BCUT2D eigenvalue weighted by Crippen LogP contribution is 2.32. The summed E-state index contributed by atoms with van der Waals surface area (Å²) in [6.07, 6.45) is 3.76. The molecule has 1 aromatic heterocycles. The van der Waals surface area contributed by atoms with Gasteiger partial charge in [-0.15, -0.1) is 0 Å². The van der Waals surface area contributed by atoms with Crippen LogP contribution >= 0.6 is 0 Å². The van der Waals surface area contributed by atoms with E-state index in [1.807, 2.05) is 45.0 Å². The molecule has 1 aliphatic rings. The van der Waals surface area contributed by atoms with Crippen molar-refractivity contribution in [3.63, 3.8) is 0 Å². The fourth-order valence-corrected chi connectivity index (χ4v) is 3.21. The first-order valence-corrected chi connectivity index (χ1v) is 8.35. The number of amides is 1. The first kappa shape index (κ1) is 15.8. The molecule has 3 rings (SSSR count). The fourth-order valence-electron chi connectivity index (χ4n) is 3.21. The van der Waals surface area contributed by atoms with Gasteiger partial charge < -0.3 is 15.0 Å². The molecule has 2 atom stereocenters. The number of para-hydroxylation sites is 2. The van der Waals surface area contributed by atoms with Crippen LogP contribution in [0.2, 0.25) is 0 Å². The van der Waals surface area contributed by atoms with Gasteiger partial charge in [-0.05, 0) is 52.2 Å². The molecule has 1 saturated carbocycles. The summed E-state index contributed by atoms with van der Waals surface area (Å²) in [5.74, 6) is 1.39. The number of rotatable bonds is 2. The molecule has 2 N–H and O–H groups in total. The third kappa shape index (κ3) is 4.03. The smallest absolute Gasteiger partial charge is 0.407 e. The highest BCUT2D eigenvalue weighted by atomic mass is 16.6. The Bertz CT molecular complexity index is 654. The first-order valence-electron chi connectivity index (χ1n) is 8.35. The summed E-state index contributed by atoms with van der Waals surface area (Å²) in [5.41, 5.74) is 1.62. The van der Waals surface area contributed by atoms with E-state index in [0.717, 1.165) is 42.5 Å². The Morgan fingerprint density at radius 2 is 2.09 bits per heavy atom. The second-order valence-electron chi connectivity index (χ2n) is 7.35. The number of H-pyrrole nitrogens is 1. The lowest BCUT2D eigenvalue weighted by molar-refractivity contribution is 0.0490. The minimum atomic E-state index is -0.461. The maximum absolute atomic E-state index is 12.0. The van der Waals surface area contributed by atoms with Crippen molar-refractivity contribution in [1.82, 2.24) is 15.3 Å². The number of nitrogens with one attached hydrogen (secondary N) is 2. The average Bonchev–Trinajstić information content (AvgIpc) is 2.89. The quantitative estimate of drug-likeness (QED) is 0.876. The Hall–Kier alpha value is -2.04. The second-order valence-corrected chi connectivity index (χ2v) is 7.35. The number of fused-ring (bicyclic) bond motifs is 1. The molecule has 0 bridgehead atoms. The van der Waals surface area contributed by atoms with Crippen molar-refractivity contribution in [3.05, 3.63) is 30.1 Å². The molecule has 0 spiro atoms. The standard InChI is InChI=1S/C18H25N3O2/c1-18(2,3)23-17(22)19-13-8-6-7-12(11-13)16-20-14-9-4-5-10-15(14)21-16/h4-5,9-10,12-13H,6-8,11H2,1-3H3,(H,19,22)(H,20,21)/t12-,13+/m0/s1. The zero-order chi connectivity index (χ0) is 16.4. The van der Waals surface area contributed by atoms with E-state index in [-0.39, 0.29) is 12.1 Å². The molecule has 2 aromatic rings. The highest BCUT2D eigenvalue weighted by molar-refractivity contribution is 5.74. The summed E-state index contributed by atoms with van der Waals surface area (Å²) in [6, 6.07) is 8.23. The Morgan fingerprint density at radius 3 is 2.83 bits per heavy atom. The number of carbonyl (C=O) groups is 1. The number of hydrogen-bond donors (Lipinski definition) is 2. The number of imidazole rings is 1. The van der Waals surface area contributed by atoms with E-state index in [1.165, 1.54) is 0 Å². The number of ether oxygens (including phenoxy) is 1. The van der Waals surface area contributed by atoms with Crippen molar-refractivity contribution in [2.45, 2.75) is 64.0 Å². The van der Waals surface area contributed by atoms with Crippen molar-refractivity contribution in [2.24, 2.45) is 0 Å². The van der Waals surface area contributed by atoms with Crippen LogP contribution in [0.3, 0.4) is 0 Å². The predicted octanol–water partition coefficient (Wildman–Crippen LogP) is 4.11. The monoisotopic (exact) mass is 315 g/mol. The molecule has 5 nitrogen and oxygen atoms in total. The number of aromatic nitrogens is 2. The molecule has 0 unspecified atom stereocenters. The van der Waals surface area contributed by atoms with Gasteiger partial charge in [-0.3, -0.25) is 0 Å². The zero-order valence-electron chi connectivity index (χ0n) is 14.1. The molecule has 1 fully saturated rings. The lowest BCUT2D eigenvalue weighted by atomic mass is 9.85. The summed E-state index contributed by atoms with van der Waals surface area (Å²) in [7, 11) is 0. The Labute approximate surface area is 136 Å². The summed E-state index contributed by atoms with van der Waals surface area (Å²) < 4.78 is 5.36. The fraction of sp³-hybridized carbons (Fsp3) is 0.556. The van der Waals surface area contributed by atoms with Gasteiger partial charge in [-0.1, -0.05) is 18.6 Å². The van der Waals surface area contributed by atoms with Crippen LogP contribution in [0.5, 0.6) is 0 Å². The van der Waals surface area contributed by atoms with Gasteiger partial charge in [-0.2, -0.15) is 0 Å². The van der Waals surface area contributed by atoms with Gasteiger partial charge in [-0.25, -0.2) is 9.78 Å². The van der Waals surface area contributed by atoms with Crippen LogP contribution in [-0.4, -0.2) is 27.7 Å². The van der Waals surface area contributed by atoms with E-state index in [9.17, 15) is 4.79 Å². The molecule has 5 heteroatoms. The molecule has 124 valence electrons. The minimum absolute atomic E-state index is 0.150. The van der Waals surface area contributed by atoms with Crippen molar-refractivity contribution < 1.29 is 9.53 Å². The van der Waals surface area contributed by atoms with E-state index >= 15 is 0 Å². The molecular formula is C18H25N3O2. The third-order valence-electron chi connectivity index (χ3n) is 4.19.